The van der Waals surface area contributed by atoms with E-state index in [1.165, 1.54) is 6.20 Å². The Morgan fingerprint density at radius 2 is 1.89 bits per heavy atom. The van der Waals surface area contributed by atoms with Crippen molar-refractivity contribution < 1.29 is 13.2 Å². The van der Waals surface area contributed by atoms with Gasteiger partial charge in [0, 0.05) is 24.0 Å². The van der Waals surface area contributed by atoms with Gasteiger partial charge in [-0.3, -0.25) is 9.78 Å². The summed E-state index contributed by atoms with van der Waals surface area (Å²) in [4.78, 5) is 4.67. The second-order valence-corrected chi connectivity index (χ2v) is 6.93. The number of fused-ring (bicyclic) bond motifs is 5. The lowest BCUT2D eigenvalue weighted by Crippen LogP contribution is -2.11. The van der Waals surface area contributed by atoms with Crippen LogP contribution in [0.25, 0.3) is 33.1 Å². The summed E-state index contributed by atoms with van der Waals surface area (Å²) >= 11 is 0. The topological polar surface area (TPSA) is 59.4 Å². The Labute approximate surface area is 152 Å². The zero-order valence-electron chi connectivity index (χ0n) is 14.6. The molecule has 0 unspecified atom stereocenters. The molecule has 0 spiro atoms. The van der Waals surface area contributed by atoms with Crippen LogP contribution in [0.2, 0.25) is 0 Å². The summed E-state index contributed by atoms with van der Waals surface area (Å²) < 4.78 is 42.0. The van der Waals surface area contributed by atoms with Gasteiger partial charge in [0.05, 0.1) is 28.5 Å². The van der Waals surface area contributed by atoms with Crippen molar-refractivity contribution >= 4 is 21.8 Å². The Kier molecular flexibility index (Phi) is 3.35. The Bertz CT molecular complexity index is 1190. The predicted molar refractivity (Wildman–Crippen MR) is 95.2 cm³/mol. The van der Waals surface area contributed by atoms with Crippen LogP contribution < -0.4 is 0 Å². The summed E-state index contributed by atoms with van der Waals surface area (Å²) in [6.07, 6.45) is 2.08. The lowest BCUT2D eigenvalue weighted by atomic mass is 9.85. The largest absolute Gasteiger partial charge is 0.435 e. The van der Waals surface area contributed by atoms with Crippen molar-refractivity contribution in [2.45, 2.75) is 31.9 Å². The number of H-pyrrole nitrogens is 1. The fraction of sp³-hybridized carbons (Fsp3) is 0.316. The monoisotopic (exact) mass is 371 g/mol. The van der Waals surface area contributed by atoms with Gasteiger partial charge in [-0.15, -0.1) is 0 Å². The van der Waals surface area contributed by atoms with Crippen molar-refractivity contribution in [3.8, 4) is 11.3 Å². The molecule has 0 radical (unpaired) electrons. The molecule has 0 saturated carbocycles. The number of alkyl halides is 3. The number of halogens is 3. The highest BCUT2D eigenvalue weighted by atomic mass is 19.4. The van der Waals surface area contributed by atoms with Crippen LogP contribution in [0, 0.1) is 0 Å². The maximum absolute atomic E-state index is 13.4. The highest BCUT2D eigenvalue weighted by Gasteiger charge is 2.38. The van der Waals surface area contributed by atoms with Gasteiger partial charge >= 0.3 is 6.18 Å². The molecule has 1 N–H and O–H groups in total. The zero-order valence-corrected chi connectivity index (χ0v) is 14.6. The van der Waals surface area contributed by atoms with Gasteiger partial charge in [0.15, 0.2) is 5.69 Å². The maximum Gasteiger partial charge on any atom is 0.435 e. The summed E-state index contributed by atoms with van der Waals surface area (Å²) in [5.41, 5.74) is 3.18. The van der Waals surface area contributed by atoms with E-state index in [4.69, 9.17) is 0 Å². The molecule has 3 heterocycles. The zero-order chi connectivity index (χ0) is 18.8. The van der Waals surface area contributed by atoms with Crippen LogP contribution in [0.15, 0.2) is 24.5 Å². The van der Waals surface area contributed by atoms with Gasteiger partial charge in [-0.2, -0.15) is 23.4 Å². The van der Waals surface area contributed by atoms with Crippen molar-refractivity contribution in [3.63, 3.8) is 0 Å². The molecule has 1 aromatic carbocycles. The lowest BCUT2D eigenvalue weighted by Gasteiger charge is -2.22. The number of aromatic amines is 1. The van der Waals surface area contributed by atoms with Crippen molar-refractivity contribution in [3.05, 3.63) is 41.3 Å². The molecule has 0 amide bonds. The molecular weight excluding hydrogens is 355 g/mol. The van der Waals surface area contributed by atoms with Crippen LogP contribution in [-0.4, -0.2) is 25.0 Å². The first kappa shape index (κ1) is 16.3. The van der Waals surface area contributed by atoms with Crippen LogP contribution in [0.1, 0.15) is 29.7 Å². The summed E-state index contributed by atoms with van der Waals surface area (Å²) in [5, 5.41) is 12.2. The van der Waals surface area contributed by atoms with Crippen LogP contribution in [0.3, 0.4) is 0 Å². The second-order valence-electron chi connectivity index (χ2n) is 6.93. The molecule has 0 atom stereocenters. The van der Waals surface area contributed by atoms with E-state index in [0.717, 1.165) is 46.7 Å². The molecule has 0 bridgehead atoms. The third-order valence-corrected chi connectivity index (χ3v) is 5.36. The minimum atomic E-state index is -4.53. The van der Waals surface area contributed by atoms with Gasteiger partial charge < -0.3 is 0 Å². The molecule has 1 aliphatic rings. The fourth-order valence-corrected chi connectivity index (χ4v) is 4.17. The Morgan fingerprint density at radius 3 is 2.67 bits per heavy atom. The number of pyridine rings is 1. The first-order chi connectivity index (χ1) is 12.9. The molecule has 5 rings (SSSR count). The van der Waals surface area contributed by atoms with E-state index >= 15 is 0 Å². The standard InChI is InChI=1S/C19H16F3N5/c1-27-15-7-6-14-16(12(15)9-24-27)10-4-2-3-5-11(10)17(25-14)13-8-23-26-18(13)19(20,21)22/h6-9H,2-5H2,1H3,(H,23,26). The number of benzene rings is 1. The van der Waals surface area contributed by atoms with Crippen LogP contribution >= 0.6 is 0 Å². The molecule has 5 nitrogen and oxygen atoms in total. The SMILES string of the molecule is Cn1ncc2c3c4c(c(-c5c[nH]nc5C(F)(F)F)nc3ccc21)CCCC4. The van der Waals surface area contributed by atoms with Crippen LogP contribution in [0.4, 0.5) is 13.2 Å². The maximum atomic E-state index is 13.4. The highest BCUT2D eigenvalue weighted by Crippen LogP contribution is 2.41. The molecule has 27 heavy (non-hydrogen) atoms. The normalized spacial score (nSPS) is 14.8. The van der Waals surface area contributed by atoms with Gasteiger partial charge in [-0.25, -0.2) is 4.98 Å². The molecule has 0 aliphatic heterocycles. The van der Waals surface area contributed by atoms with Crippen LogP contribution in [-0.2, 0) is 26.1 Å². The number of aryl methyl sites for hydroxylation is 2. The number of nitrogens with zero attached hydrogens (tertiary/aromatic N) is 4. The number of hydrogen-bond donors (Lipinski definition) is 1. The summed E-state index contributed by atoms with van der Waals surface area (Å²) in [7, 11) is 1.88. The highest BCUT2D eigenvalue weighted by molar-refractivity contribution is 6.08. The summed E-state index contributed by atoms with van der Waals surface area (Å²) in [5.74, 6) is 0. The van der Waals surface area contributed by atoms with Gasteiger partial charge in [0.2, 0.25) is 0 Å². The summed E-state index contributed by atoms with van der Waals surface area (Å²) in [6.45, 7) is 0. The number of aromatic nitrogens is 5. The molecule has 1 aliphatic carbocycles. The molecule has 8 heteroatoms. The number of hydrogen-bond acceptors (Lipinski definition) is 3. The van der Waals surface area contributed by atoms with E-state index in [1.54, 1.807) is 4.68 Å². The second kappa shape index (κ2) is 5.55. The Morgan fingerprint density at radius 1 is 1.11 bits per heavy atom. The Balaban J connectivity index is 1.88. The van der Waals surface area contributed by atoms with Crippen molar-refractivity contribution in [1.29, 1.82) is 0 Å². The van der Waals surface area contributed by atoms with Gasteiger partial charge in [0.1, 0.15) is 0 Å². The minimum absolute atomic E-state index is 0.0221. The van der Waals surface area contributed by atoms with Crippen LogP contribution in [0.5, 0.6) is 0 Å². The number of rotatable bonds is 1. The van der Waals surface area contributed by atoms with E-state index in [9.17, 15) is 13.2 Å². The molecule has 0 fully saturated rings. The first-order valence-corrected chi connectivity index (χ1v) is 8.82. The smallest absolute Gasteiger partial charge is 0.284 e. The molecule has 3 aromatic heterocycles. The van der Waals surface area contributed by atoms with E-state index < -0.39 is 11.9 Å². The lowest BCUT2D eigenvalue weighted by molar-refractivity contribution is -0.140. The Hall–Kier alpha value is -2.90. The first-order valence-electron chi connectivity index (χ1n) is 8.82. The third-order valence-electron chi connectivity index (χ3n) is 5.36. The summed E-state index contributed by atoms with van der Waals surface area (Å²) in [6, 6.07) is 3.78. The number of nitrogens with one attached hydrogen (secondary N) is 1. The molecular formula is C19H16F3N5. The molecule has 4 aromatic rings. The van der Waals surface area contributed by atoms with E-state index in [-0.39, 0.29) is 5.56 Å². The fourth-order valence-electron chi connectivity index (χ4n) is 4.17. The van der Waals surface area contributed by atoms with Gasteiger partial charge in [-0.05, 0) is 48.9 Å². The van der Waals surface area contributed by atoms with Gasteiger partial charge in [0.25, 0.3) is 0 Å². The van der Waals surface area contributed by atoms with E-state index in [1.807, 2.05) is 25.4 Å². The van der Waals surface area contributed by atoms with Crippen molar-refractivity contribution in [2.24, 2.45) is 7.05 Å². The average molecular weight is 371 g/mol. The third kappa shape index (κ3) is 2.35. The van der Waals surface area contributed by atoms with Crippen molar-refractivity contribution in [2.75, 3.05) is 0 Å². The predicted octanol–water partition coefficient (Wildman–Crippen LogP) is 4.41. The van der Waals surface area contributed by atoms with Gasteiger partial charge in [-0.1, -0.05) is 0 Å². The molecule has 0 saturated heterocycles. The minimum Gasteiger partial charge on any atom is -0.284 e. The quantitative estimate of drug-likeness (QED) is 0.539. The van der Waals surface area contributed by atoms with Crippen molar-refractivity contribution in [1.82, 2.24) is 25.0 Å². The average Bonchev–Trinajstić information content (AvgIpc) is 3.28. The van der Waals surface area contributed by atoms with E-state index in [2.05, 4.69) is 20.3 Å². The van der Waals surface area contributed by atoms with E-state index in [0.29, 0.717) is 17.6 Å². The molecule has 138 valence electrons.